The summed E-state index contributed by atoms with van der Waals surface area (Å²) in [4.78, 5) is 4.91. The van der Waals surface area contributed by atoms with Crippen molar-refractivity contribution >= 4 is 34.1 Å². The lowest BCUT2D eigenvalue weighted by molar-refractivity contribution is 0.661. The Labute approximate surface area is 406 Å². The maximum Gasteiger partial charge on any atom is 0.0500 e. The third-order valence-electron chi connectivity index (χ3n) is 15.3. The van der Waals surface area contributed by atoms with Gasteiger partial charge in [-0.25, -0.2) is 0 Å². The molecule has 330 valence electrons. The Hall–Kier alpha value is -8.20. The Morgan fingerprint density at radius 3 is 0.971 bits per heavy atom. The molecule has 0 saturated heterocycles. The number of aryl methyl sites for hydroxylation is 4. The molecule has 2 nitrogen and oxygen atoms in total. The van der Waals surface area contributed by atoms with Crippen molar-refractivity contribution in [3.63, 3.8) is 0 Å². The molecule has 2 heterocycles. The summed E-state index contributed by atoms with van der Waals surface area (Å²) in [6.45, 7) is 4.78. The van der Waals surface area contributed by atoms with Gasteiger partial charge >= 0.3 is 0 Å². The molecule has 10 aromatic rings. The van der Waals surface area contributed by atoms with Gasteiger partial charge in [-0.2, -0.15) is 0 Å². The lowest BCUT2D eigenvalue weighted by atomic mass is 9.80. The number of fused-ring (bicyclic) bond motifs is 7. The Bertz CT molecular complexity index is 3330. The zero-order chi connectivity index (χ0) is 46.1. The smallest absolute Gasteiger partial charge is 0.0500 e. The number of para-hydroxylation sites is 4. The maximum atomic E-state index is 2.45. The van der Waals surface area contributed by atoms with Crippen LogP contribution in [0.2, 0.25) is 0 Å². The highest BCUT2D eigenvalue weighted by molar-refractivity contribution is 5.89. The summed E-state index contributed by atoms with van der Waals surface area (Å²) in [5.74, 6) is 0. The quantitative estimate of drug-likeness (QED) is 0.164. The first kappa shape index (κ1) is 41.0. The summed E-state index contributed by atoms with van der Waals surface area (Å²) < 4.78 is 0. The summed E-state index contributed by atoms with van der Waals surface area (Å²) in [7, 11) is 0. The van der Waals surface area contributed by atoms with Crippen LogP contribution in [0, 0.1) is 0 Å². The molecule has 2 aliphatic heterocycles. The second-order valence-corrected chi connectivity index (χ2v) is 19.6. The van der Waals surface area contributed by atoms with Gasteiger partial charge in [0.15, 0.2) is 0 Å². The second-order valence-electron chi connectivity index (χ2n) is 19.6. The molecule has 13 rings (SSSR count). The third kappa shape index (κ3) is 7.10. The van der Waals surface area contributed by atoms with E-state index in [9.17, 15) is 0 Å². The largest absolute Gasteiger partial charge is 0.310 e. The molecule has 2 heteroatoms. The number of hydrogen-bond acceptors (Lipinski definition) is 2. The SMILES string of the molecule is CC1(C)c2cc(-c3ccc(-c4ccc5c(c4)N(c4ccccc4)c4ccccc4CC5)cc3)ccc2-c2ccc(-c3ccc(-c4ccc5c(c4)N(c4ccccc4)c4ccccc4CC5)cc3)cc21. The first-order valence-corrected chi connectivity index (χ1v) is 24.6. The van der Waals surface area contributed by atoms with Crippen LogP contribution >= 0.6 is 0 Å². The molecular weight excluding hydrogens is 833 g/mol. The molecule has 1 aliphatic carbocycles. The van der Waals surface area contributed by atoms with E-state index >= 15 is 0 Å². The van der Waals surface area contributed by atoms with Gasteiger partial charge in [-0.15, -0.1) is 0 Å². The summed E-state index contributed by atoms with van der Waals surface area (Å²) in [5.41, 5.74) is 28.1. The van der Waals surface area contributed by atoms with Gasteiger partial charge in [-0.3, -0.25) is 0 Å². The van der Waals surface area contributed by atoms with Gasteiger partial charge in [0.25, 0.3) is 0 Å². The highest BCUT2D eigenvalue weighted by atomic mass is 15.2. The van der Waals surface area contributed by atoms with Crippen molar-refractivity contribution in [3.05, 3.63) is 264 Å². The fourth-order valence-electron chi connectivity index (χ4n) is 11.5. The predicted molar refractivity (Wildman–Crippen MR) is 290 cm³/mol. The van der Waals surface area contributed by atoms with Gasteiger partial charge in [0, 0.05) is 39.5 Å². The van der Waals surface area contributed by atoms with E-state index in [0.29, 0.717) is 0 Å². The maximum absolute atomic E-state index is 2.45. The highest BCUT2D eigenvalue weighted by Crippen LogP contribution is 2.51. The average molecular weight is 885 g/mol. The Morgan fingerprint density at radius 1 is 0.275 bits per heavy atom. The standard InChI is InChI=1S/C67H52N2/c1-67(2)61-41-53(45-21-25-47(26-22-45)55-35-33-51-31-29-49-13-9-11-19-63(49)68(65(51)43-55)57-15-5-3-6-16-57)37-39-59(61)60-40-38-54(42-62(60)67)46-23-27-48(28-24-46)56-36-34-52-32-30-50-14-10-12-20-64(50)69(66(52)44-56)58-17-7-4-8-18-58/h3-28,33-44H,29-32H2,1-2H3. The van der Waals surface area contributed by atoms with Crippen LogP contribution in [0.4, 0.5) is 34.1 Å². The molecule has 0 aromatic heterocycles. The first-order chi connectivity index (χ1) is 33.9. The molecule has 0 saturated carbocycles. The minimum absolute atomic E-state index is 0.146. The van der Waals surface area contributed by atoms with Crippen LogP contribution < -0.4 is 9.80 Å². The first-order valence-electron chi connectivity index (χ1n) is 24.6. The number of hydrogen-bond donors (Lipinski definition) is 0. The van der Waals surface area contributed by atoms with Gasteiger partial charge in [-0.1, -0.05) is 184 Å². The average Bonchev–Trinajstić information content (AvgIpc) is 3.52. The minimum atomic E-state index is -0.146. The summed E-state index contributed by atoms with van der Waals surface area (Å²) >= 11 is 0. The normalized spacial score (nSPS) is 14.1. The van der Waals surface area contributed by atoms with Gasteiger partial charge in [0.2, 0.25) is 0 Å². The molecular formula is C67H52N2. The molecule has 0 radical (unpaired) electrons. The van der Waals surface area contributed by atoms with Crippen LogP contribution in [0.5, 0.6) is 0 Å². The molecule has 0 N–H and O–H groups in total. The lowest BCUT2D eigenvalue weighted by Gasteiger charge is -2.27. The highest BCUT2D eigenvalue weighted by Gasteiger charge is 2.36. The van der Waals surface area contributed by atoms with Crippen molar-refractivity contribution in [1.29, 1.82) is 0 Å². The van der Waals surface area contributed by atoms with Gasteiger partial charge < -0.3 is 9.80 Å². The molecule has 10 aromatic carbocycles. The van der Waals surface area contributed by atoms with E-state index in [2.05, 4.69) is 254 Å². The summed E-state index contributed by atoms with van der Waals surface area (Å²) in [6, 6.07) is 86.0. The molecule has 0 atom stereocenters. The fourth-order valence-corrected chi connectivity index (χ4v) is 11.5. The molecule has 0 unspecified atom stereocenters. The van der Waals surface area contributed by atoms with Crippen molar-refractivity contribution in [1.82, 2.24) is 0 Å². The van der Waals surface area contributed by atoms with E-state index in [1.807, 2.05) is 0 Å². The van der Waals surface area contributed by atoms with Crippen molar-refractivity contribution in [2.45, 2.75) is 44.9 Å². The predicted octanol–water partition coefficient (Wildman–Crippen LogP) is 17.8. The van der Waals surface area contributed by atoms with Crippen molar-refractivity contribution < 1.29 is 0 Å². The van der Waals surface area contributed by atoms with Crippen molar-refractivity contribution in [2.75, 3.05) is 9.80 Å². The minimum Gasteiger partial charge on any atom is -0.310 e. The number of nitrogens with zero attached hydrogens (tertiary/aromatic N) is 2. The zero-order valence-electron chi connectivity index (χ0n) is 39.2. The Kier molecular flexibility index (Phi) is 9.83. The van der Waals surface area contributed by atoms with Crippen LogP contribution in [0.3, 0.4) is 0 Å². The Balaban J connectivity index is 0.768. The molecule has 0 bridgehead atoms. The van der Waals surface area contributed by atoms with Crippen LogP contribution in [0.25, 0.3) is 55.6 Å². The van der Waals surface area contributed by atoms with E-state index in [1.165, 1.54) is 123 Å². The van der Waals surface area contributed by atoms with Crippen LogP contribution in [-0.4, -0.2) is 0 Å². The molecule has 0 amide bonds. The molecule has 0 spiro atoms. The molecule has 69 heavy (non-hydrogen) atoms. The molecule has 3 aliphatic rings. The van der Waals surface area contributed by atoms with Crippen molar-refractivity contribution in [2.24, 2.45) is 0 Å². The van der Waals surface area contributed by atoms with Gasteiger partial charge in [0.05, 0.1) is 0 Å². The zero-order valence-corrected chi connectivity index (χ0v) is 39.2. The van der Waals surface area contributed by atoms with Crippen molar-refractivity contribution in [3.8, 4) is 55.6 Å². The third-order valence-corrected chi connectivity index (χ3v) is 15.3. The topological polar surface area (TPSA) is 6.48 Å². The fraction of sp³-hybridized carbons (Fsp3) is 0.104. The van der Waals surface area contributed by atoms with E-state index < -0.39 is 0 Å². The summed E-state index contributed by atoms with van der Waals surface area (Å²) in [6.07, 6.45) is 4.09. The number of rotatable bonds is 6. The van der Waals surface area contributed by atoms with Gasteiger partial charge in [-0.05, 0) is 175 Å². The number of anilines is 6. The van der Waals surface area contributed by atoms with E-state index in [-0.39, 0.29) is 5.41 Å². The second kappa shape index (κ2) is 16.5. The van der Waals surface area contributed by atoms with Crippen LogP contribution in [0.15, 0.2) is 231 Å². The van der Waals surface area contributed by atoms with E-state index in [0.717, 1.165) is 25.7 Å². The van der Waals surface area contributed by atoms with Crippen LogP contribution in [0.1, 0.15) is 47.2 Å². The Morgan fingerprint density at radius 2 is 0.580 bits per heavy atom. The van der Waals surface area contributed by atoms with E-state index in [4.69, 9.17) is 0 Å². The lowest BCUT2D eigenvalue weighted by Crippen LogP contribution is -2.15. The molecule has 0 fully saturated rings. The van der Waals surface area contributed by atoms with Crippen LogP contribution in [-0.2, 0) is 31.1 Å². The number of benzene rings is 10. The van der Waals surface area contributed by atoms with Gasteiger partial charge in [0.1, 0.15) is 0 Å². The monoisotopic (exact) mass is 884 g/mol. The van der Waals surface area contributed by atoms with E-state index in [1.54, 1.807) is 0 Å². The summed E-state index contributed by atoms with van der Waals surface area (Å²) in [5, 5.41) is 0.